The van der Waals surface area contributed by atoms with Crippen molar-refractivity contribution in [2.24, 2.45) is 0 Å². The van der Waals surface area contributed by atoms with Gasteiger partial charge in [0.2, 0.25) is 0 Å². The van der Waals surface area contributed by atoms with E-state index in [1.165, 1.54) is 22.3 Å². The highest BCUT2D eigenvalue weighted by Crippen LogP contribution is 2.56. The van der Waals surface area contributed by atoms with Crippen molar-refractivity contribution in [1.29, 1.82) is 0 Å². The Morgan fingerprint density at radius 3 is 1.26 bits per heavy atom. The highest BCUT2D eigenvalue weighted by Gasteiger charge is 2.46. The fourth-order valence-electron chi connectivity index (χ4n) is 9.77. The van der Waals surface area contributed by atoms with Crippen LogP contribution in [-0.2, 0) is 11.0 Å². The van der Waals surface area contributed by atoms with Crippen molar-refractivity contribution in [3.05, 3.63) is 258 Å². The lowest BCUT2D eigenvalue weighted by Crippen LogP contribution is -2.39. The quantitative estimate of drug-likeness (QED) is 0.153. The van der Waals surface area contributed by atoms with Crippen molar-refractivity contribution < 1.29 is 4.74 Å². The Labute approximate surface area is 358 Å². The molecule has 9 aromatic carbocycles. The highest BCUT2D eigenvalue weighted by atomic mass is 16.5. The summed E-state index contributed by atoms with van der Waals surface area (Å²) in [6.45, 7) is 4.70. The molecule has 1 atom stereocenters. The maximum Gasteiger partial charge on any atom is 0.185 e. The Morgan fingerprint density at radius 2 is 0.705 bits per heavy atom. The van der Waals surface area contributed by atoms with E-state index in [4.69, 9.17) is 4.74 Å². The first kappa shape index (κ1) is 36.5. The van der Waals surface area contributed by atoms with Gasteiger partial charge in [-0.05, 0) is 107 Å². The minimum Gasteiger partial charge on any atom is -0.472 e. The fourth-order valence-corrected chi connectivity index (χ4v) is 9.77. The summed E-state index contributed by atoms with van der Waals surface area (Å²) in [5, 5.41) is 0. The van der Waals surface area contributed by atoms with Crippen LogP contribution in [0.5, 0.6) is 5.75 Å². The zero-order valence-electron chi connectivity index (χ0n) is 34.2. The van der Waals surface area contributed by atoms with E-state index in [1.807, 2.05) is 0 Å². The molecule has 11 rings (SSSR count). The van der Waals surface area contributed by atoms with Crippen molar-refractivity contribution in [1.82, 2.24) is 0 Å². The molecule has 3 nitrogen and oxygen atoms in total. The van der Waals surface area contributed by atoms with Gasteiger partial charge in [0.15, 0.2) is 5.60 Å². The molecular weight excluding hydrogens is 741 g/mol. The first-order valence-electron chi connectivity index (χ1n) is 21.1. The number of hydrogen-bond donors (Lipinski definition) is 0. The summed E-state index contributed by atoms with van der Waals surface area (Å²) >= 11 is 0. The number of hydrogen-bond acceptors (Lipinski definition) is 3. The van der Waals surface area contributed by atoms with Crippen LogP contribution in [0.1, 0.15) is 41.7 Å². The third kappa shape index (κ3) is 5.96. The predicted molar refractivity (Wildman–Crippen MR) is 252 cm³/mol. The second-order valence-electron chi connectivity index (χ2n) is 16.5. The topological polar surface area (TPSA) is 15.7 Å². The average Bonchev–Trinajstić information content (AvgIpc) is 3.55. The van der Waals surface area contributed by atoms with Crippen LogP contribution in [0.3, 0.4) is 0 Å². The van der Waals surface area contributed by atoms with Gasteiger partial charge in [0.25, 0.3) is 0 Å². The number of nitrogens with zero attached hydrogens (tertiary/aromatic N) is 2. The Hall–Kier alpha value is -7.62. The van der Waals surface area contributed by atoms with E-state index >= 15 is 0 Å². The van der Waals surface area contributed by atoms with Gasteiger partial charge in [-0.2, -0.15) is 0 Å². The Kier molecular flexibility index (Phi) is 8.72. The first-order valence-corrected chi connectivity index (χ1v) is 21.1. The normalized spacial score (nSPS) is 15.4. The molecule has 1 heterocycles. The second kappa shape index (κ2) is 14.6. The van der Waals surface area contributed by atoms with Gasteiger partial charge >= 0.3 is 0 Å². The number of benzene rings is 9. The highest BCUT2D eigenvalue weighted by molar-refractivity contribution is 5.86. The van der Waals surface area contributed by atoms with Crippen molar-refractivity contribution in [3.8, 4) is 28.0 Å². The second-order valence-corrected chi connectivity index (χ2v) is 16.5. The van der Waals surface area contributed by atoms with E-state index < -0.39 is 5.60 Å². The largest absolute Gasteiger partial charge is 0.472 e. The lowest BCUT2D eigenvalue weighted by Gasteiger charge is -2.42. The number of rotatable bonds is 8. The van der Waals surface area contributed by atoms with E-state index in [9.17, 15) is 0 Å². The molecule has 0 spiro atoms. The third-order valence-electron chi connectivity index (χ3n) is 12.7. The lowest BCUT2D eigenvalue weighted by molar-refractivity contribution is 0.152. The van der Waals surface area contributed by atoms with E-state index in [0.717, 1.165) is 67.7 Å². The molecule has 1 aliphatic heterocycles. The van der Waals surface area contributed by atoms with Gasteiger partial charge in [-0.25, -0.2) is 0 Å². The Balaban J connectivity index is 1.13. The van der Waals surface area contributed by atoms with Crippen LogP contribution in [-0.4, -0.2) is 0 Å². The maximum atomic E-state index is 7.82. The summed E-state index contributed by atoms with van der Waals surface area (Å²) in [6.07, 6.45) is 0. The van der Waals surface area contributed by atoms with Crippen LogP contribution in [0.4, 0.5) is 34.1 Å². The SMILES string of the molecule is CC1(C)c2ccccc2-c2ccc(C3(c4ccc(N(c5ccccc5)c5ccccc5)cc4)Oc4cc(N(c5ccccc5)c5ccccc5)ccc4-c4ccccc43)cc21. The molecular formula is C58H44N2O. The molecule has 0 amide bonds. The van der Waals surface area contributed by atoms with E-state index in [0.29, 0.717) is 0 Å². The molecule has 0 radical (unpaired) electrons. The summed E-state index contributed by atoms with van der Waals surface area (Å²) in [5.74, 6) is 0.829. The number of fused-ring (bicyclic) bond motifs is 6. The monoisotopic (exact) mass is 784 g/mol. The molecule has 9 aromatic rings. The molecule has 1 aliphatic carbocycles. The van der Waals surface area contributed by atoms with Crippen molar-refractivity contribution in [3.63, 3.8) is 0 Å². The molecule has 0 fully saturated rings. The van der Waals surface area contributed by atoms with Gasteiger partial charge in [-0.3, -0.25) is 0 Å². The molecule has 292 valence electrons. The molecule has 0 saturated heterocycles. The molecule has 0 N–H and O–H groups in total. The molecule has 0 bridgehead atoms. The summed E-state index contributed by atoms with van der Waals surface area (Å²) in [4.78, 5) is 4.61. The van der Waals surface area contributed by atoms with Crippen LogP contribution in [0.2, 0.25) is 0 Å². The van der Waals surface area contributed by atoms with Crippen LogP contribution in [0.15, 0.2) is 231 Å². The van der Waals surface area contributed by atoms with Gasteiger partial charge in [-0.15, -0.1) is 0 Å². The Morgan fingerprint density at radius 1 is 0.311 bits per heavy atom. The zero-order chi connectivity index (χ0) is 41.0. The minimum atomic E-state index is -0.991. The molecule has 0 saturated carbocycles. The molecule has 2 aliphatic rings. The lowest BCUT2D eigenvalue weighted by atomic mass is 9.73. The van der Waals surface area contributed by atoms with Gasteiger partial charge in [0.1, 0.15) is 5.75 Å². The van der Waals surface area contributed by atoms with Gasteiger partial charge in [0.05, 0.1) is 0 Å². The maximum absolute atomic E-state index is 7.82. The predicted octanol–water partition coefficient (Wildman–Crippen LogP) is 15.3. The summed E-state index contributed by atoms with van der Waals surface area (Å²) in [7, 11) is 0. The summed E-state index contributed by atoms with van der Waals surface area (Å²) < 4.78 is 7.82. The fraction of sp³-hybridized carbons (Fsp3) is 0.0690. The Bertz CT molecular complexity index is 2940. The molecule has 3 heteroatoms. The van der Waals surface area contributed by atoms with Crippen LogP contribution in [0, 0.1) is 0 Å². The van der Waals surface area contributed by atoms with Crippen LogP contribution >= 0.6 is 0 Å². The first-order chi connectivity index (χ1) is 30.0. The van der Waals surface area contributed by atoms with Crippen LogP contribution < -0.4 is 14.5 Å². The molecule has 1 unspecified atom stereocenters. The van der Waals surface area contributed by atoms with Crippen molar-refractivity contribution in [2.75, 3.05) is 9.80 Å². The van der Waals surface area contributed by atoms with E-state index in [-0.39, 0.29) is 5.41 Å². The standard InChI is InChI=1S/C58H44N2O/c1-57(2)53-29-17-15-27-49(53)51-37-33-42(39-55(51)57)58(41-31-34-47(35-32-41)59(43-19-7-3-8-20-43)44-21-9-4-10-22-44)54-30-18-16-28-50(54)52-38-36-48(40-56(52)61-58)60(45-23-11-5-12-24-45)46-25-13-6-14-26-46/h3-40H,1-2H3. The number of para-hydroxylation sites is 4. The third-order valence-corrected chi connectivity index (χ3v) is 12.7. The zero-order valence-corrected chi connectivity index (χ0v) is 34.2. The summed E-state index contributed by atoms with van der Waals surface area (Å²) in [6, 6.07) is 82.7. The molecule has 61 heavy (non-hydrogen) atoms. The van der Waals surface area contributed by atoms with E-state index in [2.05, 4.69) is 254 Å². The average molecular weight is 785 g/mol. The number of ether oxygens (including phenoxy) is 1. The van der Waals surface area contributed by atoms with Gasteiger partial charge < -0.3 is 14.5 Å². The molecule has 0 aromatic heterocycles. The van der Waals surface area contributed by atoms with Crippen molar-refractivity contribution in [2.45, 2.75) is 24.9 Å². The van der Waals surface area contributed by atoms with E-state index in [1.54, 1.807) is 0 Å². The minimum absolute atomic E-state index is 0.190. The number of anilines is 6. The summed E-state index contributed by atoms with van der Waals surface area (Å²) in [5.41, 5.74) is 16.0. The van der Waals surface area contributed by atoms with Gasteiger partial charge in [0, 0.05) is 67.9 Å². The van der Waals surface area contributed by atoms with Gasteiger partial charge in [-0.1, -0.05) is 159 Å². The van der Waals surface area contributed by atoms with Crippen molar-refractivity contribution >= 4 is 34.1 Å². The smallest absolute Gasteiger partial charge is 0.185 e. The van der Waals surface area contributed by atoms with Crippen LogP contribution in [0.25, 0.3) is 22.3 Å².